The predicted molar refractivity (Wildman–Crippen MR) is 116 cm³/mol. The van der Waals surface area contributed by atoms with Crippen LogP contribution in [0.4, 0.5) is 5.69 Å². The van der Waals surface area contributed by atoms with Crippen LogP contribution in [0.5, 0.6) is 0 Å². The van der Waals surface area contributed by atoms with Crippen molar-refractivity contribution < 1.29 is 14.4 Å². The van der Waals surface area contributed by atoms with E-state index in [9.17, 15) is 10.1 Å². The van der Waals surface area contributed by atoms with Gasteiger partial charge in [-0.1, -0.05) is 12.1 Å². The van der Waals surface area contributed by atoms with Crippen LogP contribution < -0.4 is 10.6 Å². The molecule has 0 atom stereocenters. The maximum Gasteiger partial charge on any atom is 0.269 e. The molecule has 8 nitrogen and oxygen atoms in total. The first-order valence-electron chi connectivity index (χ1n) is 9.02. The van der Waals surface area contributed by atoms with Gasteiger partial charge in [-0.15, -0.1) is 24.0 Å². The van der Waals surface area contributed by atoms with Gasteiger partial charge in [0.1, 0.15) is 0 Å². The fourth-order valence-electron chi connectivity index (χ4n) is 2.69. The minimum Gasteiger partial charge on any atom is -0.381 e. The summed E-state index contributed by atoms with van der Waals surface area (Å²) in [4.78, 5) is 14.4. The Morgan fingerprint density at radius 1 is 1.30 bits per heavy atom. The summed E-state index contributed by atoms with van der Waals surface area (Å²) < 4.78 is 11.1. The SMILES string of the molecule is CN=C(NCCCOCC1CCOCC1)NCc1ccc([N+](=O)[O-])cc1.I. The molecular weight excluding hydrogens is 463 g/mol. The average molecular weight is 492 g/mol. The van der Waals surface area contributed by atoms with E-state index in [1.807, 2.05) is 0 Å². The molecule has 2 N–H and O–H groups in total. The number of guanidine groups is 1. The van der Waals surface area contributed by atoms with Gasteiger partial charge >= 0.3 is 0 Å². The molecule has 1 heterocycles. The average Bonchev–Trinajstić information content (AvgIpc) is 2.68. The number of rotatable bonds is 9. The summed E-state index contributed by atoms with van der Waals surface area (Å²) in [6.07, 6.45) is 3.09. The van der Waals surface area contributed by atoms with Crippen LogP contribution in [-0.4, -0.2) is 50.9 Å². The number of ether oxygens (including phenoxy) is 2. The third-order valence-electron chi connectivity index (χ3n) is 4.28. The highest BCUT2D eigenvalue weighted by Gasteiger charge is 2.13. The number of aliphatic imine (C=N–C) groups is 1. The van der Waals surface area contributed by atoms with Crippen LogP contribution in [0.15, 0.2) is 29.3 Å². The number of halogens is 1. The number of nitrogens with zero attached hydrogens (tertiary/aromatic N) is 2. The van der Waals surface area contributed by atoms with Gasteiger partial charge in [0.15, 0.2) is 5.96 Å². The van der Waals surface area contributed by atoms with E-state index in [4.69, 9.17) is 9.47 Å². The van der Waals surface area contributed by atoms with Crippen LogP contribution in [0.3, 0.4) is 0 Å². The molecule has 1 fully saturated rings. The molecule has 0 unspecified atom stereocenters. The molecule has 0 spiro atoms. The summed E-state index contributed by atoms with van der Waals surface area (Å²) in [5.41, 5.74) is 1.05. The molecule has 0 amide bonds. The molecule has 9 heteroatoms. The second kappa shape index (κ2) is 13.7. The number of benzene rings is 1. The predicted octanol–water partition coefficient (Wildman–Crippen LogP) is 2.71. The summed E-state index contributed by atoms with van der Waals surface area (Å²) in [7, 11) is 1.72. The second-order valence-corrected chi connectivity index (χ2v) is 6.26. The third kappa shape index (κ3) is 9.34. The highest BCUT2D eigenvalue weighted by atomic mass is 127. The van der Waals surface area contributed by atoms with Gasteiger partial charge in [-0.2, -0.15) is 0 Å². The van der Waals surface area contributed by atoms with Crippen LogP contribution >= 0.6 is 24.0 Å². The van der Waals surface area contributed by atoms with Gasteiger partial charge in [0, 0.05) is 58.7 Å². The van der Waals surface area contributed by atoms with E-state index in [1.165, 1.54) is 12.1 Å². The summed E-state index contributed by atoms with van der Waals surface area (Å²) in [6, 6.07) is 6.48. The number of nitrogens with one attached hydrogen (secondary N) is 2. The maximum absolute atomic E-state index is 10.7. The first kappa shape index (κ1) is 23.6. The topological polar surface area (TPSA) is 98.0 Å². The first-order valence-corrected chi connectivity index (χ1v) is 9.02. The van der Waals surface area contributed by atoms with Gasteiger partial charge in [0.2, 0.25) is 0 Å². The van der Waals surface area contributed by atoms with Gasteiger partial charge < -0.3 is 20.1 Å². The molecule has 0 bridgehead atoms. The Hall–Kier alpha value is -1.46. The van der Waals surface area contributed by atoms with Gasteiger partial charge in [-0.3, -0.25) is 15.1 Å². The van der Waals surface area contributed by atoms with Crippen LogP contribution in [0.1, 0.15) is 24.8 Å². The van der Waals surface area contributed by atoms with Crippen LogP contribution in [0.2, 0.25) is 0 Å². The van der Waals surface area contributed by atoms with Crippen LogP contribution in [-0.2, 0) is 16.0 Å². The van der Waals surface area contributed by atoms with E-state index in [0.29, 0.717) is 18.4 Å². The van der Waals surface area contributed by atoms with Gasteiger partial charge in [-0.05, 0) is 30.7 Å². The molecule has 152 valence electrons. The first-order chi connectivity index (χ1) is 12.7. The molecular formula is C18H29IN4O4. The van der Waals surface area contributed by atoms with Crippen molar-refractivity contribution >= 4 is 35.6 Å². The minimum absolute atomic E-state index is 0. The number of nitro benzene ring substituents is 1. The highest BCUT2D eigenvalue weighted by molar-refractivity contribution is 14.0. The number of hydrogen-bond acceptors (Lipinski definition) is 5. The van der Waals surface area contributed by atoms with Crippen molar-refractivity contribution in [2.24, 2.45) is 10.9 Å². The maximum atomic E-state index is 10.7. The van der Waals surface area contributed by atoms with Gasteiger partial charge in [-0.25, -0.2) is 0 Å². The molecule has 0 saturated carbocycles. The molecule has 1 aliphatic heterocycles. The fourth-order valence-corrected chi connectivity index (χ4v) is 2.69. The minimum atomic E-state index is -0.401. The lowest BCUT2D eigenvalue weighted by Gasteiger charge is -2.21. The molecule has 0 aliphatic carbocycles. The van der Waals surface area contributed by atoms with Crippen molar-refractivity contribution in [3.63, 3.8) is 0 Å². The summed E-state index contributed by atoms with van der Waals surface area (Å²) in [5, 5.41) is 17.1. The van der Waals surface area contributed by atoms with Gasteiger partial charge in [0.05, 0.1) is 4.92 Å². The molecule has 0 radical (unpaired) electrons. The number of non-ortho nitro benzene ring substituents is 1. The largest absolute Gasteiger partial charge is 0.381 e. The molecule has 2 rings (SSSR count). The van der Waals surface area contributed by atoms with Crippen molar-refractivity contribution in [3.8, 4) is 0 Å². The zero-order valence-corrected chi connectivity index (χ0v) is 18.0. The highest BCUT2D eigenvalue weighted by Crippen LogP contribution is 2.14. The summed E-state index contributed by atoms with van der Waals surface area (Å²) in [6.45, 7) is 4.57. The Bertz CT molecular complexity index is 577. The Kier molecular flexibility index (Phi) is 11.9. The van der Waals surface area contributed by atoms with Crippen molar-refractivity contribution in [3.05, 3.63) is 39.9 Å². The van der Waals surface area contributed by atoms with Gasteiger partial charge in [0.25, 0.3) is 5.69 Å². The summed E-state index contributed by atoms with van der Waals surface area (Å²) in [5.74, 6) is 1.33. The number of hydrogen-bond donors (Lipinski definition) is 2. The van der Waals surface area contributed by atoms with Crippen molar-refractivity contribution in [2.75, 3.05) is 40.0 Å². The lowest BCUT2D eigenvalue weighted by atomic mass is 10.0. The van der Waals surface area contributed by atoms with Crippen LogP contribution in [0, 0.1) is 16.0 Å². The van der Waals surface area contributed by atoms with Crippen molar-refractivity contribution in [1.82, 2.24) is 10.6 Å². The zero-order valence-electron chi connectivity index (χ0n) is 15.7. The smallest absolute Gasteiger partial charge is 0.269 e. The molecule has 27 heavy (non-hydrogen) atoms. The van der Waals surface area contributed by atoms with Crippen LogP contribution in [0.25, 0.3) is 0 Å². The Morgan fingerprint density at radius 3 is 2.63 bits per heavy atom. The Labute approximate surface area is 177 Å². The monoisotopic (exact) mass is 492 g/mol. The standard InChI is InChI=1S/C18H28N4O4.HI/c1-19-18(21-13-15-3-5-17(6-4-15)22(23)24)20-9-2-10-26-14-16-7-11-25-12-8-16;/h3-6,16H,2,7-14H2,1H3,(H2,19,20,21);1H. The lowest BCUT2D eigenvalue weighted by molar-refractivity contribution is -0.384. The molecule has 1 saturated heterocycles. The third-order valence-corrected chi connectivity index (χ3v) is 4.28. The molecule has 0 aromatic heterocycles. The molecule has 1 aromatic carbocycles. The fraction of sp³-hybridized carbons (Fsp3) is 0.611. The van der Waals surface area contributed by atoms with E-state index in [0.717, 1.165) is 57.8 Å². The molecule has 1 aromatic rings. The zero-order chi connectivity index (χ0) is 18.6. The van der Waals surface area contributed by atoms with E-state index < -0.39 is 4.92 Å². The van der Waals surface area contributed by atoms with E-state index in [2.05, 4.69) is 15.6 Å². The normalized spacial score (nSPS) is 15.1. The summed E-state index contributed by atoms with van der Waals surface area (Å²) >= 11 is 0. The lowest BCUT2D eigenvalue weighted by Crippen LogP contribution is -2.37. The second-order valence-electron chi connectivity index (χ2n) is 6.26. The Balaban J connectivity index is 0.00000364. The van der Waals surface area contributed by atoms with E-state index in [-0.39, 0.29) is 29.7 Å². The quantitative estimate of drug-likeness (QED) is 0.137. The van der Waals surface area contributed by atoms with E-state index in [1.54, 1.807) is 19.2 Å². The van der Waals surface area contributed by atoms with Crippen molar-refractivity contribution in [1.29, 1.82) is 0 Å². The van der Waals surface area contributed by atoms with E-state index >= 15 is 0 Å². The van der Waals surface area contributed by atoms with Crippen molar-refractivity contribution in [2.45, 2.75) is 25.8 Å². The number of nitro groups is 1. The Morgan fingerprint density at radius 2 is 2.00 bits per heavy atom. The molecule has 1 aliphatic rings.